The van der Waals surface area contributed by atoms with Crippen LogP contribution in [0, 0.1) is 6.92 Å². The largest absolute Gasteiger partial charge is 0.462 e. The molecule has 0 heterocycles. The molecule has 2 aromatic rings. The number of aryl methyl sites for hydroxylation is 1. The van der Waals surface area contributed by atoms with Gasteiger partial charge in [-0.3, -0.25) is 4.79 Å². The molecule has 0 aliphatic carbocycles. The van der Waals surface area contributed by atoms with E-state index in [0.29, 0.717) is 30.8 Å². The molecule has 0 aliphatic heterocycles. The molecule has 0 saturated carbocycles. The minimum absolute atomic E-state index is 0.132. The van der Waals surface area contributed by atoms with Crippen molar-refractivity contribution in [2.45, 2.75) is 27.2 Å². The van der Waals surface area contributed by atoms with Gasteiger partial charge in [-0.25, -0.2) is 4.79 Å². The maximum absolute atomic E-state index is 12.4. The summed E-state index contributed by atoms with van der Waals surface area (Å²) in [6.07, 6.45) is 0.332. The zero-order valence-electron chi connectivity index (χ0n) is 15.6. The average Bonchev–Trinajstić information content (AvgIpc) is 2.63. The second-order valence-electron chi connectivity index (χ2n) is 5.98. The molecule has 0 radical (unpaired) electrons. The molecule has 0 fully saturated rings. The van der Waals surface area contributed by atoms with Crippen LogP contribution in [0.3, 0.4) is 0 Å². The van der Waals surface area contributed by atoms with Crippen molar-refractivity contribution < 1.29 is 14.3 Å². The Morgan fingerprint density at radius 2 is 1.85 bits per heavy atom. The maximum atomic E-state index is 12.4. The molecule has 0 saturated heterocycles. The number of hydrogen-bond donors (Lipinski definition) is 1. The molecule has 1 amide bonds. The molecule has 5 nitrogen and oxygen atoms in total. The van der Waals surface area contributed by atoms with E-state index in [0.717, 1.165) is 12.2 Å². The first-order chi connectivity index (χ1) is 12.5. The summed E-state index contributed by atoms with van der Waals surface area (Å²) in [4.78, 5) is 26.5. The van der Waals surface area contributed by atoms with Gasteiger partial charge in [0, 0.05) is 25.2 Å². The molecule has 0 aliphatic rings. The number of benzene rings is 2. The molecular weight excluding hydrogens is 328 g/mol. The van der Waals surface area contributed by atoms with E-state index in [1.54, 1.807) is 31.2 Å². The SMILES string of the molecule is CCOC(=O)c1ccccc1NC(=O)CCN(CC)c1cccc(C)c1. The standard InChI is InChI=1S/C21H26N2O3/c1-4-23(17-10-8-9-16(3)15-17)14-13-20(24)22-19-12-7-6-11-18(19)21(25)26-5-2/h6-12,15H,4-5,13-14H2,1-3H3,(H,22,24). The fraction of sp³-hybridized carbons (Fsp3) is 0.333. The molecule has 0 atom stereocenters. The molecule has 26 heavy (non-hydrogen) atoms. The lowest BCUT2D eigenvalue weighted by Gasteiger charge is -2.23. The van der Waals surface area contributed by atoms with Crippen molar-refractivity contribution in [1.82, 2.24) is 0 Å². The Balaban J connectivity index is 1.99. The van der Waals surface area contributed by atoms with Crippen molar-refractivity contribution in [2.75, 3.05) is 29.9 Å². The second-order valence-corrected chi connectivity index (χ2v) is 5.98. The average molecular weight is 354 g/mol. The molecule has 0 unspecified atom stereocenters. The van der Waals surface area contributed by atoms with Gasteiger partial charge in [-0.2, -0.15) is 0 Å². The van der Waals surface area contributed by atoms with Crippen LogP contribution >= 0.6 is 0 Å². The van der Waals surface area contributed by atoms with Gasteiger partial charge in [0.05, 0.1) is 17.9 Å². The first kappa shape index (κ1) is 19.5. The van der Waals surface area contributed by atoms with Crippen molar-refractivity contribution in [1.29, 1.82) is 0 Å². The number of ether oxygens (including phenoxy) is 1. The Morgan fingerprint density at radius 1 is 1.08 bits per heavy atom. The molecule has 0 bridgehead atoms. The van der Waals surface area contributed by atoms with Crippen LogP contribution in [0.15, 0.2) is 48.5 Å². The summed E-state index contributed by atoms with van der Waals surface area (Å²) in [6, 6.07) is 15.1. The molecule has 2 rings (SSSR count). The van der Waals surface area contributed by atoms with Crippen LogP contribution in [0.5, 0.6) is 0 Å². The first-order valence-corrected chi connectivity index (χ1v) is 8.92. The van der Waals surface area contributed by atoms with Gasteiger partial charge in [0.25, 0.3) is 0 Å². The van der Waals surface area contributed by atoms with Crippen LogP contribution in [0.2, 0.25) is 0 Å². The Kier molecular flexibility index (Phi) is 7.21. The summed E-state index contributed by atoms with van der Waals surface area (Å²) in [5.74, 6) is -0.564. The fourth-order valence-electron chi connectivity index (χ4n) is 2.72. The van der Waals surface area contributed by atoms with Gasteiger partial charge < -0.3 is 15.0 Å². The van der Waals surface area contributed by atoms with Crippen LogP contribution in [-0.4, -0.2) is 31.6 Å². The zero-order chi connectivity index (χ0) is 18.9. The number of nitrogens with one attached hydrogen (secondary N) is 1. The lowest BCUT2D eigenvalue weighted by molar-refractivity contribution is -0.116. The van der Waals surface area contributed by atoms with Gasteiger partial charge in [-0.05, 0) is 50.6 Å². The Hall–Kier alpha value is -2.82. The van der Waals surface area contributed by atoms with E-state index in [1.807, 2.05) is 12.1 Å². The van der Waals surface area contributed by atoms with Gasteiger partial charge in [-0.1, -0.05) is 24.3 Å². The van der Waals surface area contributed by atoms with Crippen LogP contribution in [-0.2, 0) is 9.53 Å². The summed E-state index contributed by atoms with van der Waals surface area (Å²) >= 11 is 0. The van der Waals surface area contributed by atoms with Gasteiger partial charge in [0.2, 0.25) is 5.91 Å². The molecule has 0 spiro atoms. The fourth-order valence-corrected chi connectivity index (χ4v) is 2.72. The third-order valence-corrected chi connectivity index (χ3v) is 4.05. The summed E-state index contributed by atoms with van der Waals surface area (Å²) in [5.41, 5.74) is 3.14. The molecule has 5 heteroatoms. The smallest absolute Gasteiger partial charge is 0.340 e. The third kappa shape index (κ3) is 5.34. The van der Waals surface area contributed by atoms with Gasteiger partial charge in [0.1, 0.15) is 0 Å². The predicted octanol–water partition coefficient (Wildman–Crippen LogP) is 4.03. The summed E-state index contributed by atoms with van der Waals surface area (Å²) in [5, 5.41) is 2.83. The number of rotatable bonds is 8. The van der Waals surface area contributed by atoms with Crippen LogP contribution < -0.4 is 10.2 Å². The normalized spacial score (nSPS) is 10.3. The minimum Gasteiger partial charge on any atom is -0.462 e. The van der Waals surface area contributed by atoms with Gasteiger partial charge in [0.15, 0.2) is 0 Å². The van der Waals surface area contributed by atoms with Crippen molar-refractivity contribution in [3.05, 3.63) is 59.7 Å². The summed E-state index contributed by atoms with van der Waals surface area (Å²) in [6.45, 7) is 7.59. The quantitative estimate of drug-likeness (QED) is 0.727. The topological polar surface area (TPSA) is 58.6 Å². The number of carbonyl (C=O) groups excluding carboxylic acids is 2. The number of hydrogen-bond acceptors (Lipinski definition) is 4. The first-order valence-electron chi connectivity index (χ1n) is 8.92. The highest BCUT2D eigenvalue weighted by molar-refractivity contribution is 6.01. The highest BCUT2D eigenvalue weighted by Crippen LogP contribution is 2.18. The highest BCUT2D eigenvalue weighted by Gasteiger charge is 2.14. The van der Waals surface area contributed by atoms with E-state index in [4.69, 9.17) is 4.74 Å². The van der Waals surface area contributed by atoms with Gasteiger partial charge >= 0.3 is 5.97 Å². The van der Waals surface area contributed by atoms with Crippen molar-refractivity contribution in [3.8, 4) is 0 Å². The van der Waals surface area contributed by atoms with E-state index in [1.165, 1.54) is 5.56 Å². The van der Waals surface area contributed by atoms with Crippen molar-refractivity contribution in [3.63, 3.8) is 0 Å². The van der Waals surface area contributed by atoms with E-state index in [-0.39, 0.29) is 5.91 Å². The summed E-state index contributed by atoms with van der Waals surface area (Å²) < 4.78 is 5.04. The number of para-hydroxylation sites is 1. The van der Waals surface area contributed by atoms with E-state index < -0.39 is 5.97 Å². The highest BCUT2D eigenvalue weighted by atomic mass is 16.5. The molecule has 2 aromatic carbocycles. The Labute approximate surface area is 155 Å². The molecular formula is C21H26N2O3. The monoisotopic (exact) mass is 354 g/mol. The number of carbonyl (C=O) groups is 2. The maximum Gasteiger partial charge on any atom is 0.340 e. The third-order valence-electron chi connectivity index (χ3n) is 4.05. The van der Waals surface area contributed by atoms with E-state index in [9.17, 15) is 9.59 Å². The Morgan fingerprint density at radius 3 is 2.54 bits per heavy atom. The van der Waals surface area contributed by atoms with Crippen molar-refractivity contribution in [2.24, 2.45) is 0 Å². The summed E-state index contributed by atoms with van der Waals surface area (Å²) in [7, 11) is 0. The molecule has 0 aromatic heterocycles. The second kappa shape index (κ2) is 9.61. The number of nitrogens with zero attached hydrogens (tertiary/aromatic N) is 1. The van der Waals surface area contributed by atoms with Gasteiger partial charge in [-0.15, -0.1) is 0 Å². The van der Waals surface area contributed by atoms with Crippen molar-refractivity contribution >= 4 is 23.3 Å². The van der Waals surface area contributed by atoms with Crippen LogP contribution in [0.25, 0.3) is 0 Å². The van der Waals surface area contributed by atoms with E-state index >= 15 is 0 Å². The number of anilines is 2. The van der Waals surface area contributed by atoms with Crippen LogP contribution in [0.4, 0.5) is 11.4 Å². The lowest BCUT2D eigenvalue weighted by atomic mass is 10.1. The lowest BCUT2D eigenvalue weighted by Crippen LogP contribution is -2.28. The zero-order valence-corrected chi connectivity index (χ0v) is 15.6. The molecule has 1 N–H and O–H groups in total. The number of amides is 1. The Bertz CT molecular complexity index is 758. The van der Waals surface area contributed by atoms with E-state index in [2.05, 4.69) is 36.2 Å². The predicted molar refractivity (Wildman–Crippen MR) is 105 cm³/mol. The minimum atomic E-state index is -0.432. The molecule has 138 valence electrons. The van der Waals surface area contributed by atoms with Crippen LogP contribution in [0.1, 0.15) is 36.2 Å². The number of esters is 1.